The topological polar surface area (TPSA) is 43.8 Å². The van der Waals surface area contributed by atoms with Gasteiger partial charge in [0.25, 0.3) is 0 Å². The van der Waals surface area contributed by atoms with E-state index in [0.29, 0.717) is 0 Å². The molecule has 1 unspecified atom stereocenters. The summed E-state index contributed by atoms with van der Waals surface area (Å²) in [5.74, 6) is 0. The summed E-state index contributed by atoms with van der Waals surface area (Å²) in [5.41, 5.74) is 6.65. The van der Waals surface area contributed by atoms with Gasteiger partial charge in [-0.1, -0.05) is 0 Å². The van der Waals surface area contributed by atoms with Gasteiger partial charge in [-0.25, -0.2) is 0 Å². The molecule has 0 spiro atoms. The molecule has 1 atom stereocenters. The molecule has 0 aromatic carbocycles. The van der Waals surface area contributed by atoms with Gasteiger partial charge in [-0.3, -0.25) is 4.68 Å². The molecule has 0 fully saturated rings. The predicted octanol–water partition coefficient (Wildman–Crippen LogP) is 0.862. The van der Waals surface area contributed by atoms with Crippen LogP contribution >= 0.6 is 12.4 Å². The molecule has 0 bridgehead atoms. The molecule has 10 heavy (non-hydrogen) atoms. The Morgan fingerprint density at radius 3 is 2.50 bits per heavy atom. The Morgan fingerprint density at radius 1 is 1.70 bits per heavy atom. The Morgan fingerprint density at radius 2 is 2.30 bits per heavy atom. The highest BCUT2D eigenvalue weighted by atomic mass is 35.5. The highest BCUT2D eigenvalue weighted by Crippen LogP contribution is 2.05. The number of rotatable bonds is 1. The van der Waals surface area contributed by atoms with E-state index >= 15 is 0 Å². The van der Waals surface area contributed by atoms with Crippen molar-refractivity contribution >= 4 is 12.4 Å². The molecule has 2 N–H and O–H groups in total. The van der Waals surface area contributed by atoms with Crippen LogP contribution in [0.5, 0.6) is 0 Å². The van der Waals surface area contributed by atoms with E-state index in [1.807, 2.05) is 20.2 Å². The zero-order chi connectivity index (χ0) is 6.85. The van der Waals surface area contributed by atoms with E-state index in [9.17, 15) is 0 Å². The monoisotopic (exact) mass is 161 g/mol. The van der Waals surface area contributed by atoms with Gasteiger partial charge in [0.1, 0.15) is 0 Å². The molecule has 1 heterocycles. The van der Waals surface area contributed by atoms with Gasteiger partial charge in [-0.05, 0) is 6.92 Å². The molecule has 1 aromatic heterocycles. The quantitative estimate of drug-likeness (QED) is 0.664. The number of nitrogens with two attached hydrogens (primary N) is 1. The minimum atomic E-state index is 0. The highest BCUT2D eigenvalue weighted by Gasteiger charge is 1.98. The third kappa shape index (κ3) is 2.01. The maximum absolute atomic E-state index is 5.57. The molecule has 0 aliphatic heterocycles. The molecule has 3 nitrogen and oxygen atoms in total. The van der Waals surface area contributed by atoms with E-state index in [-0.39, 0.29) is 18.4 Å². The fourth-order valence-electron chi connectivity index (χ4n) is 0.675. The Bertz CT molecular complexity index is 195. The number of aromatic nitrogens is 2. The van der Waals surface area contributed by atoms with Crippen LogP contribution in [0.25, 0.3) is 0 Å². The molecule has 1 aromatic rings. The summed E-state index contributed by atoms with van der Waals surface area (Å²) >= 11 is 0. The average Bonchev–Trinajstić information content (AvgIpc) is 2.14. The van der Waals surface area contributed by atoms with E-state index in [1.54, 1.807) is 10.9 Å². The summed E-state index contributed by atoms with van der Waals surface area (Å²) in [6.07, 6.45) is 3.70. The van der Waals surface area contributed by atoms with Crippen LogP contribution in [0.2, 0.25) is 0 Å². The van der Waals surface area contributed by atoms with Crippen molar-refractivity contribution in [1.82, 2.24) is 9.78 Å². The van der Waals surface area contributed by atoms with Crippen LogP contribution in [0, 0.1) is 0 Å². The molecular weight excluding hydrogens is 150 g/mol. The largest absolute Gasteiger partial charge is 0.324 e. The third-order valence-corrected chi connectivity index (χ3v) is 1.25. The Labute approximate surface area is 66.6 Å². The Kier molecular flexibility index (Phi) is 3.39. The molecule has 0 aliphatic rings. The second kappa shape index (κ2) is 3.58. The van der Waals surface area contributed by atoms with E-state index in [1.165, 1.54) is 0 Å². The van der Waals surface area contributed by atoms with Crippen molar-refractivity contribution in [2.75, 3.05) is 0 Å². The van der Waals surface area contributed by atoms with Crippen LogP contribution in [-0.4, -0.2) is 9.78 Å². The fourth-order valence-corrected chi connectivity index (χ4v) is 0.675. The van der Waals surface area contributed by atoms with E-state index in [0.717, 1.165) is 5.56 Å². The van der Waals surface area contributed by atoms with Crippen LogP contribution in [0.3, 0.4) is 0 Å². The summed E-state index contributed by atoms with van der Waals surface area (Å²) in [5, 5.41) is 3.97. The predicted molar refractivity (Wildman–Crippen MR) is 43.1 cm³/mol. The normalized spacial score (nSPS) is 12.3. The van der Waals surface area contributed by atoms with Gasteiger partial charge in [0.2, 0.25) is 0 Å². The van der Waals surface area contributed by atoms with Crippen LogP contribution in [0.1, 0.15) is 18.5 Å². The fraction of sp³-hybridized carbons (Fsp3) is 0.500. The molecule has 0 saturated heterocycles. The zero-order valence-corrected chi connectivity index (χ0v) is 6.93. The van der Waals surface area contributed by atoms with Gasteiger partial charge in [0.05, 0.1) is 6.20 Å². The zero-order valence-electron chi connectivity index (χ0n) is 6.11. The van der Waals surface area contributed by atoms with Gasteiger partial charge in [-0.15, -0.1) is 12.4 Å². The van der Waals surface area contributed by atoms with E-state index < -0.39 is 0 Å². The number of hydrogen-bond acceptors (Lipinski definition) is 2. The van der Waals surface area contributed by atoms with Crippen LogP contribution in [0.4, 0.5) is 0 Å². The molecule has 0 amide bonds. The van der Waals surface area contributed by atoms with Crippen molar-refractivity contribution in [3.8, 4) is 0 Å². The number of halogens is 1. The van der Waals surface area contributed by atoms with Gasteiger partial charge < -0.3 is 5.73 Å². The van der Waals surface area contributed by atoms with Crippen LogP contribution in [0.15, 0.2) is 12.4 Å². The smallest absolute Gasteiger partial charge is 0.0537 e. The first-order valence-electron chi connectivity index (χ1n) is 2.94. The first kappa shape index (κ1) is 9.46. The standard InChI is InChI=1S/C6H11N3.ClH/c1-5(7)6-3-8-9(2)4-6;/h3-5H,7H2,1-2H3;1H. The number of nitrogens with zero attached hydrogens (tertiary/aromatic N) is 2. The van der Waals surface area contributed by atoms with Crippen molar-refractivity contribution in [2.45, 2.75) is 13.0 Å². The van der Waals surface area contributed by atoms with Crippen LogP contribution < -0.4 is 5.73 Å². The number of aryl methyl sites for hydroxylation is 1. The maximum atomic E-state index is 5.57. The third-order valence-electron chi connectivity index (χ3n) is 1.25. The Hall–Kier alpha value is -0.540. The van der Waals surface area contributed by atoms with Crippen molar-refractivity contribution in [3.05, 3.63) is 18.0 Å². The van der Waals surface area contributed by atoms with Crippen LogP contribution in [-0.2, 0) is 7.05 Å². The Balaban J connectivity index is 0.000000810. The molecule has 0 radical (unpaired) electrons. The molecular formula is C6H12ClN3. The first-order valence-corrected chi connectivity index (χ1v) is 2.94. The van der Waals surface area contributed by atoms with Gasteiger partial charge in [0, 0.05) is 24.8 Å². The minimum Gasteiger partial charge on any atom is -0.324 e. The van der Waals surface area contributed by atoms with Crippen molar-refractivity contribution in [2.24, 2.45) is 12.8 Å². The molecule has 4 heteroatoms. The van der Waals surface area contributed by atoms with Crippen molar-refractivity contribution in [3.63, 3.8) is 0 Å². The first-order chi connectivity index (χ1) is 4.20. The van der Waals surface area contributed by atoms with Crippen molar-refractivity contribution < 1.29 is 0 Å². The molecule has 1 rings (SSSR count). The SMILES string of the molecule is CC(N)c1cnn(C)c1.Cl. The molecule has 0 saturated carbocycles. The maximum Gasteiger partial charge on any atom is 0.0537 e. The lowest BCUT2D eigenvalue weighted by molar-refractivity contribution is 0.762. The summed E-state index contributed by atoms with van der Waals surface area (Å²) in [7, 11) is 1.88. The summed E-state index contributed by atoms with van der Waals surface area (Å²) < 4.78 is 1.75. The average molecular weight is 162 g/mol. The lowest BCUT2D eigenvalue weighted by atomic mass is 10.2. The molecule has 0 aliphatic carbocycles. The van der Waals surface area contributed by atoms with Gasteiger partial charge in [-0.2, -0.15) is 5.10 Å². The van der Waals surface area contributed by atoms with E-state index in [4.69, 9.17) is 5.73 Å². The highest BCUT2D eigenvalue weighted by molar-refractivity contribution is 5.85. The summed E-state index contributed by atoms with van der Waals surface area (Å²) in [4.78, 5) is 0. The second-order valence-electron chi connectivity index (χ2n) is 2.24. The van der Waals surface area contributed by atoms with E-state index in [2.05, 4.69) is 5.10 Å². The van der Waals surface area contributed by atoms with Crippen molar-refractivity contribution in [1.29, 1.82) is 0 Å². The summed E-state index contributed by atoms with van der Waals surface area (Å²) in [6, 6.07) is 0.0960. The summed E-state index contributed by atoms with van der Waals surface area (Å²) in [6.45, 7) is 1.94. The lowest BCUT2D eigenvalue weighted by Gasteiger charge is -1.96. The van der Waals surface area contributed by atoms with Gasteiger partial charge in [0.15, 0.2) is 0 Å². The molecule has 58 valence electrons. The second-order valence-corrected chi connectivity index (χ2v) is 2.24. The minimum absolute atomic E-state index is 0. The lowest BCUT2D eigenvalue weighted by Crippen LogP contribution is -2.03. The van der Waals surface area contributed by atoms with Gasteiger partial charge >= 0.3 is 0 Å². The number of hydrogen-bond donors (Lipinski definition) is 1.